The Bertz CT molecular complexity index is 308. The zero-order valence-corrected chi connectivity index (χ0v) is 14.9. The standard InChI is InChI=1S/C9H18O3.C7H14O2/c1-5-9(2,3)8(10)12-7-6-11-4;1-5-7(2,3)6(8)9-4/h5-7H2,1-4H3;5H2,1-4H3. The quantitative estimate of drug-likeness (QED) is 0.534. The molecule has 0 atom stereocenters. The lowest BCUT2D eigenvalue weighted by molar-refractivity contribution is -0.155. The van der Waals surface area contributed by atoms with E-state index in [0.29, 0.717) is 13.2 Å². The molecule has 21 heavy (non-hydrogen) atoms. The zero-order valence-electron chi connectivity index (χ0n) is 14.9. The van der Waals surface area contributed by atoms with Crippen molar-refractivity contribution in [2.45, 2.75) is 54.4 Å². The van der Waals surface area contributed by atoms with Crippen LogP contribution >= 0.6 is 0 Å². The number of carbonyl (C=O) groups is 2. The number of hydrogen-bond donors (Lipinski definition) is 0. The molecule has 0 fully saturated rings. The lowest BCUT2D eigenvalue weighted by Gasteiger charge is -2.19. The van der Waals surface area contributed by atoms with Crippen LogP contribution in [0.4, 0.5) is 0 Å². The highest BCUT2D eigenvalue weighted by Crippen LogP contribution is 2.21. The first-order valence-electron chi connectivity index (χ1n) is 7.33. The lowest BCUT2D eigenvalue weighted by Crippen LogP contribution is -2.26. The van der Waals surface area contributed by atoms with Gasteiger partial charge in [0.1, 0.15) is 6.61 Å². The Morgan fingerprint density at radius 1 is 0.810 bits per heavy atom. The maximum Gasteiger partial charge on any atom is 0.311 e. The van der Waals surface area contributed by atoms with Crippen LogP contribution in [0.15, 0.2) is 0 Å². The SMILES string of the molecule is CCC(C)(C)C(=O)OC.CCC(C)(C)C(=O)OCCOC. The van der Waals surface area contributed by atoms with Gasteiger partial charge in [-0.3, -0.25) is 9.59 Å². The number of rotatable bonds is 7. The molecule has 0 aliphatic rings. The van der Waals surface area contributed by atoms with Gasteiger partial charge in [0.2, 0.25) is 0 Å². The number of methoxy groups -OCH3 is 2. The minimum absolute atomic E-state index is 0.134. The summed E-state index contributed by atoms with van der Waals surface area (Å²) in [6.07, 6.45) is 1.61. The molecule has 0 heterocycles. The lowest BCUT2D eigenvalue weighted by atomic mass is 9.91. The molecule has 0 saturated carbocycles. The molecule has 0 aromatic rings. The largest absolute Gasteiger partial charge is 0.469 e. The number of carbonyl (C=O) groups excluding carboxylic acids is 2. The number of hydrogen-bond acceptors (Lipinski definition) is 5. The Balaban J connectivity index is 0. The Morgan fingerprint density at radius 2 is 1.24 bits per heavy atom. The Kier molecular flexibility index (Phi) is 11.2. The fourth-order valence-corrected chi connectivity index (χ4v) is 0.978. The van der Waals surface area contributed by atoms with Gasteiger partial charge in [-0.05, 0) is 40.5 Å². The van der Waals surface area contributed by atoms with Crippen molar-refractivity contribution in [1.82, 2.24) is 0 Å². The minimum atomic E-state index is -0.367. The van der Waals surface area contributed by atoms with Crippen molar-refractivity contribution < 1.29 is 23.8 Å². The third kappa shape index (κ3) is 9.45. The molecule has 0 saturated heterocycles. The summed E-state index contributed by atoms with van der Waals surface area (Å²) in [6.45, 7) is 12.3. The zero-order chi connectivity index (χ0) is 17.1. The second kappa shape index (κ2) is 10.6. The van der Waals surface area contributed by atoms with Crippen LogP contribution in [0.5, 0.6) is 0 Å². The van der Waals surface area contributed by atoms with Crippen LogP contribution in [0.3, 0.4) is 0 Å². The van der Waals surface area contributed by atoms with Gasteiger partial charge in [0.15, 0.2) is 0 Å². The molecule has 0 aliphatic carbocycles. The summed E-state index contributed by atoms with van der Waals surface area (Å²) < 4.78 is 14.3. The molecule has 0 bridgehead atoms. The van der Waals surface area contributed by atoms with Gasteiger partial charge in [-0.1, -0.05) is 13.8 Å². The average molecular weight is 304 g/mol. The molecule has 126 valence electrons. The molecule has 0 radical (unpaired) electrons. The molecule has 0 rings (SSSR count). The predicted molar refractivity (Wildman–Crippen MR) is 83.0 cm³/mol. The van der Waals surface area contributed by atoms with Crippen molar-refractivity contribution in [1.29, 1.82) is 0 Å². The van der Waals surface area contributed by atoms with E-state index in [1.54, 1.807) is 7.11 Å². The van der Waals surface area contributed by atoms with Crippen molar-refractivity contribution in [2.24, 2.45) is 10.8 Å². The van der Waals surface area contributed by atoms with Gasteiger partial charge in [-0.25, -0.2) is 0 Å². The van der Waals surface area contributed by atoms with Crippen LogP contribution in [0.1, 0.15) is 54.4 Å². The van der Waals surface area contributed by atoms with Crippen molar-refractivity contribution in [3.05, 3.63) is 0 Å². The fourth-order valence-electron chi connectivity index (χ4n) is 0.978. The molecule has 0 unspecified atom stereocenters. The van der Waals surface area contributed by atoms with E-state index in [4.69, 9.17) is 9.47 Å². The summed E-state index contributed by atoms with van der Waals surface area (Å²) in [5.41, 5.74) is -0.678. The third-order valence-electron chi connectivity index (χ3n) is 3.58. The minimum Gasteiger partial charge on any atom is -0.469 e. The Labute approximate surface area is 129 Å². The highest BCUT2D eigenvalue weighted by Gasteiger charge is 2.26. The molecule has 0 aromatic heterocycles. The summed E-state index contributed by atoms with van der Waals surface area (Å²) in [5, 5.41) is 0. The van der Waals surface area contributed by atoms with Gasteiger partial charge >= 0.3 is 11.9 Å². The second-order valence-electron chi connectivity index (χ2n) is 6.10. The van der Waals surface area contributed by atoms with E-state index in [2.05, 4.69) is 4.74 Å². The van der Waals surface area contributed by atoms with E-state index < -0.39 is 0 Å². The summed E-state index contributed by atoms with van der Waals surface area (Å²) in [4.78, 5) is 22.1. The summed E-state index contributed by atoms with van der Waals surface area (Å²) in [6, 6.07) is 0. The maximum atomic E-state index is 11.3. The molecular weight excluding hydrogens is 272 g/mol. The molecule has 5 nitrogen and oxygen atoms in total. The van der Waals surface area contributed by atoms with E-state index in [1.165, 1.54) is 7.11 Å². The van der Waals surface area contributed by atoms with Gasteiger partial charge in [0.05, 0.1) is 24.5 Å². The first-order chi connectivity index (χ1) is 9.58. The smallest absolute Gasteiger partial charge is 0.311 e. The molecule has 0 amide bonds. The first kappa shape index (κ1) is 22.2. The van der Waals surface area contributed by atoms with Gasteiger partial charge < -0.3 is 14.2 Å². The van der Waals surface area contributed by atoms with Crippen molar-refractivity contribution in [2.75, 3.05) is 27.4 Å². The van der Waals surface area contributed by atoms with Gasteiger partial charge in [0.25, 0.3) is 0 Å². The van der Waals surface area contributed by atoms with E-state index >= 15 is 0 Å². The van der Waals surface area contributed by atoms with Gasteiger partial charge in [-0.15, -0.1) is 0 Å². The van der Waals surface area contributed by atoms with E-state index in [9.17, 15) is 9.59 Å². The van der Waals surface area contributed by atoms with Gasteiger partial charge in [0, 0.05) is 7.11 Å². The summed E-state index contributed by atoms with van der Waals surface area (Å²) in [7, 11) is 3.00. The second-order valence-corrected chi connectivity index (χ2v) is 6.10. The monoisotopic (exact) mass is 304 g/mol. The highest BCUT2D eigenvalue weighted by atomic mass is 16.6. The van der Waals surface area contributed by atoms with Gasteiger partial charge in [-0.2, -0.15) is 0 Å². The number of esters is 2. The molecule has 0 aliphatic heterocycles. The number of ether oxygens (including phenoxy) is 3. The molecule has 0 N–H and O–H groups in total. The van der Waals surface area contributed by atoms with Crippen LogP contribution in [-0.2, 0) is 23.8 Å². The molecular formula is C16H32O5. The van der Waals surface area contributed by atoms with Crippen LogP contribution in [-0.4, -0.2) is 39.4 Å². The summed E-state index contributed by atoms with van der Waals surface area (Å²) >= 11 is 0. The van der Waals surface area contributed by atoms with E-state index in [1.807, 2.05) is 41.5 Å². The van der Waals surface area contributed by atoms with E-state index in [0.717, 1.165) is 12.8 Å². The Hall–Kier alpha value is -1.10. The average Bonchev–Trinajstić information content (AvgIpc) is 2.46. The van der Waals surface area contributed by atoms with Crippen molar-refractivity contribution >= 4 is 11.9 Å². The van der Waals surface area contributed by atoms with Crippen molar-refractivity contribution in [3.8, 4) is 0 Å². The van der Waals surface area contributed by atoms with Crippen LogP contribution in [0.25, 0.3) is 0 Å². The maximum absolute atomic E-state index is 11.3. The summed E-state index contributed by atoms with van der Waals surface area (Å²) in [5.74, 6) is -0.285. The van der Waals surface area contributed by atoms with Crippen LogP contribution in [0.2, 0.25) is 0 Å². The van der Waals surface area contributed by atoms with Crippen LogP contribution < -0.4 is 0 Å². The Morgan fingerprint density at radius 3 is 1.52 bits per heavy atom. The normalized spacial score (nSPS) is 11.2. The fraction of sp³-hybridized carbons (Fsp3) is 0.875. The highest BCUT2D eigenvalue weighted by molar-refractivity contribution is 5.76. The van der Waals surface area contributed by atoms with E-state index in [-0.39, 0.29) is 22.8 Å². The topological polar surface area (TPSA) is 61.8 Å². The van der Waals surface area contributed by atoms with Crippen LogP contribution in [0, 0.1) is 10.8 Å². The molecule has 0 spiro atoms. The van der Waals surface area contributed by atoms with Crippen molar-refractivity contribution in [3.63, 3.8) is 0 Å². The predicted octanol–water partition coefficient (Wildman–Crippen LogP) is 3.21. The third-order valence-corrected chi connectivity index (χ3v) is 3.58. The molecule has 0 aromatic carbocycles. The first-order valence-corrected chi connectivity index (χ1v) is 7.33. The molecule has 5 heteroatoms.